The molecule has 6 aromatic rings. The van der Waals surface area contributed by atoms with Crippen LogP contribution >= 0.6 is 34.7 Å². The number of carbonyl (C=O) groups excluding carboxylic acids is 5. The second-order valence-electron chi connectivity index (χ2n) is 32.8. The van der Waals surface area contributed by atoms with E-state index >= 15 is 0 Å². The number of ether oxygens (including phenoxy) is 1. The lowest BCUT2D eigenvalue weighted by atomic mass is 9.71. The molecule has 6 atom stereocenters. The number of anilines is 2. The van der Waals surface area contributed by atoms with E-state index in [4.69, 9.17) is 16.3 Å². The van der Waals surface area contributed by atoms with E-state index in [9.17, 15) is 67.5 Å². The SMILES string of the molecule is Cc1ncsc1-c1ccc([C@H](C)NC(=O)[C@@H]2C[C@@H](O)CN2C(=O)[C@@H](NC(=O)CC(=O)N2CCC(S(=O)(=O)N3CCN(C[C@]4(C)CCC(c5ccc(Cl)cc5)=C(CN5CCN(c6ccc(C(=O)NS(=O)(=O)c7ccc(N[C@H](CCN8CCCOCC8)CSc8ccccc8)c(S(=O)(=O)C(F)(F)F)c7)cc6)CC5)C4)CC3)CC2)C(C)(C)C)cc1. The number of hydrogen-bond donors (Lipinski definition) is 5. The fraction of sp³-hybridized carbons (Fsp3) is 0.518. The Morgan fingerprint density at radius 2 is 1.45 bits per heavy atom. The molecule has 5 aliphatic heterocycles. The first-order valence-corrected chi connectivity index (χ1v) is 46.6. The number of alkyl halides is 3. The second kappa shape index (κ2) is 38.0. The van der Waals surface area contributed by atoms with Crippen molar-refractivity contribution in [2.24, 2.45) is 10.8 Å². The molecular formula is C83H106ClF3N12O13S5. The van der Waals surface area contributed by atoms with Crippen LogP contribution in [0.15, 0.2) is 147 Å². The lowest BCUT2D eigenvalue weighted by molar-refractivity contribution is -0.145. The first-order chi connectivity index (χ1) is 55.5. The maximum absolute atomic E-state index is 14.5. The van der Waals surface area contributed by atoms with E-state index in [0.717, 1.165) is 88.7 Å². The molecule has 6 heterocycles. The third-order valence-electron chi connectivity index (χ3n) is 23.2. The number of aliphatic hydroxyl groups excluding tert-OH is 1. The van der Waals surface area contributed by atoms with Gasteiger partial charge in [-0.25, -0.2) is 35.0 Å². The molecule has 12 rings (SSSR count). The maximum Gasteiger partial charge on any atom is 0.501 e. The zero-order valence-corrected chi connectivity index (χ0v) is 71.7. The van der Waals surface area contributed by atoms with E-state index in [2.05, 4.69) is 59.6 Å². The Bertz CT molecular complexity index is 4880. The standard InChI is InChI=1S/C83H106ClF3N12O13S5/c1-56(58-13-15-60(16-14-58)76-57(2)88-55-114-76)89-79(104)72-47-66(100)52-99(72)80(105)77(81(3,4)5)91-74(101)49-75(102)97-34-29-68(30-35-97)117(110,111)98-42-38-95(39-43-98)54-82(6)31-27-70(59-17-21-63(84)22-18-59)62(50-82)51-94-36-40-96(41-37-94)65-23-19-61(20-24-65)78(103)92-116(108,109)69-25-26-71(73(48-69)115(106,107)83(85,86)87)90-64(53-113-67-11-8-7-9-12-67)28-33-93-32-10-45-112-46-44-93/h7-9,11-26,48,55-56,64,66,68,72,77,90,100H,10,27-47,49-54H2,1-6H3,(H,89,104)(H,91,101)(H,92,103)/t56-,64+,66+,72-,77+,82+/m0/s1. The minimum absolute atomic E-state index is 0.00402. The van der Waals surface area contributed by atoms with Crippen LogP contribution in [0, 0.1) is 17.8 Å². The average molecular weight is 1730 g/mol. The molecule has 5 saturated heterocycles. The molecule has 0 radical (unpaired) electrons. The molecule has 5 N–H and O–H groups in total. The fourth-order valence-corrected chi connectivity index (χ4v) is 22.3. The Labute approximate surface area is 697 Å². The third-order valence-corrected chi connectivity index (χ3v) is 30.8. The summed E-state index contributed by atoms with van der Waals surface area (Å²) < 4.78 is 136. The van der Waals surface area contributed by atoms with Gasteiger partial charge in [0.25, 0.3) is 25.8 Å². The number of sulfonamides is 2. The van der Waals surface area contributed by atoms with Crippen molar-refractivity contribution in [1.82, 2.24) is 49.1 Å². The highest BCUT2D eigenvalue weighted by atomic mass is 35.5. The Morgan fingerprint density at radius 1 is 0.778 bits per heavy atom. The van der Waals surface area contributed by atoms with Gasteiger partial charge in [-0.2, -0.15) is 17.5 Å². The fourth-order valence-electron chi connectivity index (χ4n) is 16.5. The van der Waals surface area contributed by atoms with Crippen molar-refractivity contribution < 1.29 is 72.2 Å². The van der Waals surface area contributed by atoms with Gasteiger partial charge in [0, 0.05) is 151 Å². The van der Waals surface area contributed by atoms with Crippen LogP contribution in [-0.4, -0.2) is 252 Å². The van der Waals surface area contributed by atoms with Crippen LogP contribution in [-0.2, 0) is 53.8 Å². The number of nitrogens with one attached hydrogen (secondary N) is 4. The quantitative estimate of drug-likeness (QED) is 0.0225. The van der Waals surface area contributed by atoms with Crippen molar-refractivity contribution in [3.63, 3.8) is 0 Å². The zero-order chi connectivity index (χ0) is 83.8. The summed E-state index contributed by atoms with van der Waals surface area (Å²) in [6, 6.07) is 30.5. The second-order valence-corrected chi connectivity index (χ2v) is 41.0. The van der Waals surface area contributed by atoms with Crippen molar-refractivity contribution in [1.29, 1.82) is 0 Å². The maximum atomic E-state index is 14.5. The smallest absolute Gasteiger partial charge is 0.391 e. The highest BCUT2D eigenvalue weighted by Gasteiger charge is 2.50. The lowest BCUT2D eigenvalue weighted by Gasteiger charge is -2.44. The number of halogens is 4. The van der Waals surface area contributed by atoms with Crippen LogP contribution in [0.1, 0.15) is 126 Å². The third kappa shape index (κ3) is 22.4. The van der Waals surface area contributed by atoms with Crippen LogP contribution in [0.3, 0.4) is 0 Å². The average Bonchev–Trinajstić information content (AvgIpc) is 1.66. The number of carbonyl (C=O) groups is 5. The van der Waals surface area contributed by atoms with E-state index < -0.39 is 128 Å². The van der Waals surface area contributed by atoms with Gasteiger partial charge < -0.3 is 50.3 Å². The number of aliphatic hydroxyl groups is 1. The van der Waals surface area contributed by atoms with Gasteiger partial charge in [0.2, 0.25) is 33.7 Å². The Morgan fingerprint density at radius 3 is 2.11 bits per heavy atom. The van der Waals surface area contributed by atoms with Crippen molar-refractivity contribution in [3.8, 4) is 10.4 Å². The van der Waals surface area contributed by atoms with Gasteiger partial charge in [0.1, 0.15) is 23.4 Å². The Kier molecular flexibility index (Phi) is 28.8. The number of nitrogens with zero attached hydrogens (tertiary/aromatic N) is 8. The largest absolute Gasteiger partial charge is 0.501 e. The molecule has 5 amide bonds. The first-order valence-electron chi connectivity index (χ1n) is 39.9. The van der Waals surface area contributed by atoms with E-state index in [1.165, 1.54) is 44.8 Å². The van der Waals surface area contributed by atoms with Gasteiger partial charge in [-0.05, 0) is 159 Å². The summed E-state index contributed by atoms with van der Waals surface area (Å²) in [5.41, 5.74) is 1.71. The van der Waals surface area contributed by atoms with Gasteiger partial charge >= 0.3 is 5.51 Å². The van der Waals surface area contributed by atoms with Crippen LogP contribution in [0.4, 0.5) is 24.5 Å². The number of piperidine rings is 1. The Hall–Kier alpha value is -7.54. The number of amides is 5. The van der Waals surface area contributed by atoms with Gasteiger partial charge in [0.05, 0.1) is 50.7 Å². The summed E-state index contributed by atoms with van der Waals surface area (Å²) in [4.78, 5) is 85.6. The molecule has 634 valence electrons. The molecule has 1 aromatic heterocycles. The minimum Gasteiger partial charge on any atom is -0.391 e. The minimum atomic E-state index is -6.13. The number of β-amino-alcohol motifs (C(OH)–C–C–N with tert-alkyl or cyclic N) is 1. The predicted octanol–water partition coefficient (Wildman–Crippen LogP) is 10.3. The number of hydrogen-bond acceptors (Lipinski definition) is 21. The highest BCUT2D eigenvalue weighted by molar-refractivity contribution is 7.99. The Balaban J connectivity index is 0.606. The molecule has 0 bridgehead atoms. The monoisotopic (exact) mass is 1730 g/mol. The number of likely N-dealkylation sites (tertiary alicyclic amines) is 2. The number of thioether (sulfide) groups is 1. The van der Waals surface area contributed by atoms with E-state index in [1.807, 2.05) is 85.3 Å². The molecule has 5 fully saturated rings. The molecule has 0 saturated carbocycles. The van der Waals surface area contributed by atoms with Gasteiger partial charge in [-0.15, -0.1) is 23.1 Å². The summed E-state index contributed by atoms with van der Waals surface area (Å²) in [5, 5.41) is 19.5. The summed E-state index contributed by atoms with van der Waals surface area (Å²) in [6.45, 7) is 20.3. The molecule has 6 aliphatic rings. The number of aryl methyl sites for hydroxylation is 1. The number of benzene rings is 5. The van der Waals surface area contributed by atoms with Crippen molar-refractivity contribution >= 4 is 111 Å². The van der Waals surface area contributed by atoms with Crippen LogP contribution in [0.25, 0.3) is 16.0 Å². The summed E-state index contributed by atoms with van der Waals surface area (Å²) >= 11 is 9.38. The molecule has 1 aliphatic carbocycles. The number of piperazine rings is 2. The van der Waals surface area contributed by atoms with E-state index in [-0.39, 0.29) is 49.9 Å². The van der Waals surface area contributed by atoms with Gasteiger partial charge in [-0.3, -0.25) is 28.9 Å². The summed E-state index contributed by atoms with van der Waals surface area (Å²) in [6.07, 6.45) is 2.55. The van der Waals surface area contributed by atoms with Crippen molar-refractivity contribution in [2.45, 2.75) is 155 Å². The van der Waals surface area contributed by atoms with E-state index in [1.54, 1.807) is 54.1 Å². The normalized spacial score (nSPS) is 21.1. The molecule has 117 heavy (non-hydrogen) atoms. The van der Waals surface area contributed by atoms with Gasteiger partial charge in [0.15, 0.2) is 0 Å². The topological polar surface area (TPSA) is 301 Å². The zero-order valence-electron chi connectivity index (χ0n) is 66.9. The highest BCUT2D eigenvalue weighted by Crippen LogP contribution is 2.45. The van der Waals surface area contributed by atoms with E-state index in [0.29, 0.717) is 108 Å². The predicted molar refractivity (Wildman–Crippen MR) is 448 cm³/mol. The molecule has 0 spiro atoms. The molecule has 5 aromatic carbocycles. The number of thiazole rings is 1. The van der Waals surface area contributed by atoms with Gasteiger partial charge in [-0.1, -0.05) is 99.5 Å². The van der Waals surface area contributed by atoms with Crippen molar-refractivity contribution in [2.75, 3.05) is 134 Å². The molecular weight excluding hydrogens is 1630 g/mol. The van der Waals surface area contributed by atoms with Crippen LogP contribution in [0.5, 0.6) is 0 Å². The number of sulfone groups is 1. The summed E-state index contributed by atoms with van der Waals surface area (Å²) in [7, 11) is -14.8. The van der Waals surface area contributed by atoms with Crippen molar-refractivity contribution in [3.05, 3.63) is 160 Å². The molecule has 0 unspecified atom stereocenters. The molecule has 25 nitrogen and oxygen atoms in total. The van der Waals surface area contributed by atoms with Crippen LogP contribution in [0.2, 0.25) is 5.02 Å². The summed E-state index contributed by atoms with van der Waals surface area (Å²) in [5.74, 6) is -2.95. The lowest BCUT2D eigenvalue weighted by Crippen LogP contribution is -2.58. The number of aromatic nitrogens is 1. The number of rotatable bonds is 28. The molecule has 34 heteroatoms. The number of allylic oxidation sites excluding steroid dienone is 1. The first kappa shape index (κ1) is 88.7. The van der Waals surface area contributed by atoms with Crippen LogP contribution < -0.4 is 25.6 Å².